The Morgan fingerprint density at radius 3 is 2.59 bits per heavy atom. The minimum absolute atomic E-state index is 0.217. The number of aromatic nitrogens is 2. The van der Waals surface area contributed by atoms with Gasteiger partial charge >= 0.3 is 5.97 Å². The van der Waals surface area contributed by atoms with E-state index in [1.165, 1.54) is 19.6 Å². The second-order valence-electron chi connectivity index (χ2n) is 3.36. The fourth-order valence-electron chi connectivity index (χ4n) is 1.45. The third-order valence-corrected chi connectivity index (χ3v) is 2.34. The predicted octanol–water partition coefficient (Wildman–Crippen LogP) is 1.22. The molecule has 0 aliphatic carbocycles. The average molecular weight is 230 g/mol. The molecule has 5 heteroatoms. The average Bonchev–Trinajstić information content (AvgIpc) is 2.39. The van der Waals surface area contributed by atoms with Gasteiger partial charge < -0.3 is 9.72 Å². The molecule has 2 aromatic rings. The van der Waals surface area contributed by atoms with Crippen molar-refractivity contribution in [3.8, 4) is 11.1 Å². The maximum atomic E-state index is 11.5. The molecule has 0 fully saturated rings. The molecule has 0 radical (unpaired) electrons. The first-order chi connectivity index (χ1) is 8.22. The summed E-state index contributed by atoms with van der Waals surface area (Å²) in [5.74, 6) is -0.406. The van der Waals surface area contributed by atoms with E-state index in [1.807, 2.05) is 0 Å². The molecule has 0 atom stereocenters. The number of nitrogens with one attached hydrogen (secondary N) is 1. The van der Waals surface area contributed by atoms with Gasteiger partial charge in [-0.1, -0.05) is 12.1 Å². The number of nitrogens with zero attached hydrogens (tertiary/aromatic N) is 1. The maximum Gasteiger partial charge on any atom is 0.337 e. The van der Waals surface area contributed by atoms with Crippen LogP contribution in [0.2, 0.25) is 0 Å². The van der Waals surface area contributed by atoms with Gasteiger partial charge in [0.1, 0.15) is 0 Å². The molecule has 0 amide bonds. The Bertz CT molecular complexity index is 587. The Morgan fingerprint density at radius 1 is 1.29 bits per heavy atom. The van der Waals surface area contributed by atoms with E-state index < -0.39 is 5.97 Å². The molecule has 17 heavy (non-hydrogen) atoms. The van der Waals surface area contributed by atoms with Crippen molar-refractivity contribution < 1.29 is 9.53 Å². The van der Waals surface area contributed by atoms with Crippen molar-refractivity contribution in [2.75, 3.05) is 7.11 Å². The monoisotopic (exact) mass is 230 g/mol. The smallest absolute Gasteiger partial charge is 0.337 e. The van der Waals surface area contributed by atoms with Gasteiger partial charge in [0.25, 0.3) is 5.56 Å². The van der Waals surface area contributed by atoms with Crippen molar-refractivity contribution in [1.82, 2.24) is 9.97 Å². The third kappa shape index (κ3) is 2.23. The first-order valence-corrected chi connectivity index (χ1v) is 4.94. The maximum absolute atomic E-state index is 11.5. The van der Waals surface area contributed by atoms with Gasteiger partial charge in [-0.3, -0.25) is 4.79 Å². The number of rotatable bonds is 2. The van der Waals surface area contributed by atoms with E-state index in [4.69, 9.17) is 0 Å². The molecule has 1 aromatic carbocycles. The van der Waals surface area contributed by atoms with Gasteiger partial charge in [0.05, 0.1) is 24.6 Å². The van der Waals surface area contributed by atoms with Gasteiger partial charge in [0.15, 0.2) is 0 Å². The molecular formula is C12H10N2O3. The van der Waals surface area contributed by atoms with Crippen molar-refractivity contribution >= 4 is 5.97 Å². The highest BCUT2D eigenvalue weighted by Crippen LogP contribution is 2.15. The number of ether oxygens (including phenoxy) is 1. The highest BCUT2D eigenvalue weighted by atomic mass is 16.5. The van der Waals surface area contributed by atoms with Crippen LogP contribution in [0.1, 0.15) is 10.4 Å². The lowest BCUT2D eigenvalue weighted by atomic mass is 10.1. The molecule has 0 bridgehead atoms. The Hall–Kier alpha value is -2.43. The second-order valence-corrected chi connectivity index (χ2v) is 3.36. The van der Waals surface area contributed by atoms with Crippen molar-refractivity contribution in [3.63, 3.8) is 0 Å². The van der Waals surface area contributed by atoms with Crippen molar-refractivity contribution in [2.24, 2.45) is 0 Å². The summed E-state index contributed by atoms with van der Waals surface area (Å²) in [4.78, 5) is 29.1. The summed E-state index contributed by atoms with van der Waals surface area (Å²) >= 11 is 0. The van der Waals surface area contributed by atoms with E-state index in [0.29, 0.717) is 16.7 Å². The van der Waals surface area contributed by atoms with Crippen LogP contribution in [-0.2, 0) is 4.74 Å². The summed E-state index contributed by atoms with van der Waals surface area (Å²) in [5.41, 5.74) is 1.39. The molecule has 1 aromatic heterocycles. The predicted molar refractivity (Wildman–Crippen MR) is 61.6 cm³/mol. The summed E-state index contributed by atoms with van der Waals surface area (Å²) < 4.78 is 4.59. The van der Waals surface area contributed by atoms with E-state index in [2.05, 4.69) is 14.7 Å². The Labute approximate surface area is 97.1 Å². The summed E-state index contributed by atoms with van der Waals surface area (Å²) in [6.45, 7) is 0. The van der Waals surface area contributed by atoms with Crippen LogP contribution in [0.4, 0.5) is 0 Å². The lowest BCUT2D eigenvalue weighted by Gasteiger charge is -2.01. The number of benzene rings is 1. The lowest BCUT2D eigenvalue weighted by Crippen LogP contribution is -2.08. The van der Waals surface area contributed by atoms with Gasteiger partial charge in [-0.25, -0.2) is 9.78 Å². The molecule has 5 nitrogen and oxygen atoms in total. The van der Waals surface area contributed by atoms with Crippen LogP contribution in [0.25, 0.3) is 11.1 Å². The zero-order valence-electron chi connectivity index (χ0n) is 9.14. The summed E-state index contributed by atoms with van der Waals surface area (Å²) in [6, 6.07) is 6.57. The summed E-state index contributed by atoms with van der Waals surface area (Å²) in [6.07, 6.45) is 2.81. The van der Waals surface area contributed by atoms with Crippen molar-refractivity contribution in [2.45, 2.75) is 0 Å². The zero-order chi connectivity index (χ0) is 12.3. The van der Waals surface area contributed by atoms with Gasteiger partial charge in [-0.15, -0.1) is 0 Å². The normalized spacial score (nSPS) is 9.94. The quantitative estimate of drug-likeness (QED) is 0.787. The van der Waals surface area contributed by atoms with Crippen LogP contribution < -0.4 is 5.56 Å². The number of H-pyrrole nitrogens is 1. The SMILES string of the molecule is COC(=O)c1ccc(-c2cnc[nH]c2=O)cc1. The minimum Gasteiger partial charge on any atom is -0.465 e. The molecule has 86 valence electrons. The topological polar surface area (TPSA) is 72.0 Å². The lowest BCUT2D eigenvalue weighted by molar-refractivity contribution is 0.0601. The Balaban J connectivity index is 2.40. The first-order valence-electron chi connectivity index (χ1n) is 4.94. The largest absolute Gasteiger partial charge is 0.465 e. The van der Waals surface area contributed by atoms with Crippen LogP contribution in [0, 0.1) is 0 Å². The van der Waals surface area contributed by atoms with Crippen LogP contribution in [0.15, 0.2) is 41.6 Å². The molecule has 0 unspecified atom stereocenters. The number of methoxy groups -OCH3 is 1. The fraction of sp³-hybridized carbons (Fsp3) is 0.0833. The van der Waals surface area contributed by atoms with Gasteiger partial charge in [0, 0.05) is 6.20 Å². The number of carbonyl (C=O) groups excluding carboxylic acids is 1. The van der Waals surface area contributed by atoms with E-state index in [1.54, 1.807) is 24.3 Å². The highest BCUT2D eigenvalue weighted by molar-refractivity contribution is 5.89. The fourth-order valence-corrected chi connectivity index (χ4v) is 1.45. The summed E-state index contributed by atoms with van der Waals surface area (Å²) in [7, 11) is 1.32. The highest BCUT2D eigenvalue weighted by Gasteiger charge is 2.06. The van der Waals surface area contributed by atoms with Crippen LogP contribution >= 0.6 is 0 Å². The van der Waals surface area contributed by atoms with E-state index >= 15 is 0 Å². The number of aromatic amines is 1. The Morgan fingerprint density at radius 2 is 2.00 bits per heavy atom. The summed E-state index contributed by atoms with van der Waals surface area (Å²) in [5, 5.41) is 0. The number of hydrogen-bond donors (Lipinski definition) is 1. The third-order valence-electron chi connectivity index (χ3n) is 2.34. The molecule has 0 spiro atoms. The molecule has 0 aliphatic heterocycles. The standard InChI is InChI=1S/C12H10N2O3/c1-17-12(16)9-4-2-8(3-5-9)10-6-13-7-14-11(10)15/h2-7H,1H3,(H,13,14,15). The molecule has 0 aliphatic rings. The van der Waals surface area contributed by atoms with E-state index in [9.17, 15) is 9.59 Å². The number of carbonyl (C=O) groups is 1. The van der Waals surface area contributed by atoms with Crippen molar-refractivity contribution in [3.05, 3.63) is 52.7 Å². The molecule has 0 saturated carbocycles. The molecular weight excluding hydrogens is 220 g/mol. The second kappa shape index (κ2) is 4.61. The molecule has 1 heterocycles. The van der Waals surface area contributed by atoms with Gasteiger partial charge in [-0.2, -0.15) is 0 Å². The van der Waals surface area contributed by atoms with E-state index in [-0.39, 0.29) is 5.56 Å². The molecule has 2 rings (SSSR count). The molecule has 0 saturated heterocycles. The van der Waals surface area contributed by atoms with Crippen LogP contribution in [0.5, 0.6) is 0 Å². The first kappa shape index (κ1) is 11.1. The number of esters is 1. The van der Waals surface area contributed by atoms with Crippen LogP contribution in [-0.4, -0.2) is 23.0 Å². The molecule has 1 N–H and O–H groups in total. The van der Waals surface area contributed by atoms with Gasteiger partial charge in [0.2, 0.25) is 0 Å². The minimum atomic E-state index is -0.406. The van der Waals surface area contributed by atoms with Gasteiger partial charge in [-0.05, 0) is 17.7 Å². The zero-order valence-corrected chi connectivity index (χ0v) is 9.14. The van der Waals surface area contributed by atoms with Crippen LogP contribution in [0.3, 0.4) is 0 Å². The Kier molecular flexibility index (Phi) is 3.00. The van der Waals surface area contributed by atoms with Crippen molar-refractivity contribution in [1.29, 1.82) is 0 Å². The van der Waals surface area contributed by atoms with E-state index in [0.717, 1.165) is 0 Å². The number of hydrogen-bond acceptors (Lipinski definition) is 4.